The van der Waals surface area contributed by atoms with Crippen LogP contribution in [0, 0.1) is 0 Å². The number of carboxylic acids is 1. The van der Waals surface area contributed by atoms with Crippen molar-refractivity contribution in [3.63, 3.8) is 0 Å². The van der Waals surface area contributed by atoms with Crippen LogP contribution >= 0.6 is 0 Å². The first kappa shape index (κ1) is 15.7. The number of aliphatic hydroxyl groups is 1. The van der Waals surface area contributed by atoms with Gasteiger partial charge in [-0.3, -0.25) is 9.59 Å². The van der Waals surface area contributed by atoms with Crippen molar-refractivity contribution in [2.24, 2.45) is 0 Å². The van der Waals surface area contributed by atoms with Gasteiger partial charge in [-0.25, -0.2) is 4.79 Å². The zero-order chi connectivity index (χ0) is 16.5. The van der Waals surface area contributed by atoms with Crippen LogP contribution in [0.1, 0.15) is 24.2 Å². The van der Waals surface area contributed by atoms with Crippen LogP contribution in [-0.4, -0.2) is 33.3 Å². The number of hydrogen-bond acceptors (Lipinski definition) is 5. The number of ketones is 2. The summed E-state index contributed by atoms with van der Waals surface area (Å²) in [5.74, 6) is -2.41. The molecule has 0 heterocycles. The molecule has 1 aromatic rings. The molecule has 0 unspecified atom stereocenters. The van der Waals surface area contributed by atoms with Crippen LogP contribution in [-0.2, 0) is 9.59 Å². The minimum atomic E-state index is -2.07. The molecule has 1 aliphatic rings. The van der Waals surface area contributed by atoms with E-state index in [1.54, 1.807) is 19.1 Å². The van der Waals surface area contributed by atoms with Crippen LogP contribution in [0.5, 0.6) is 0 Å². The fourth-order valence-electron chi connectivity index (χ4n) is 2.05. The van der Waals surface area contributed by atoms with Crippen LogP contribution in [0.15, 0.2) is 47.7 Å². The van der Waals surface area contributed by atoms with E-state index in [1.165, 1.54) is 24.4 Å². The van der Waals surface area contributed by atoms with E-state index in [4.69, 9.17) is 5.11 Å². The normalized spacial score (nSPS) is 23.4. The average Bonchev–Trinajstić information content (AvgIpc) is 2.46. The highest BCUT2D eigenvalue weighted by Crippen LogP contribution is 2.26. The molecule has 0 spiro atoms. The van der Waals surface area contributed by atoms with Gasteiger partial charge in [-0.15, -0.1) is 0 Å². The van der Waals surface area contributed by atoms with Crippen LogP contribution in [0.3, 0.4) is 0 Å². The number of anilines is 1. The SMILES string of the molecule is CC1=CC(=O)[C@@](C)(O)C(=O)/C1=C\Nc1cccc(C(=O)O)c1. The van der Waals surface area contributed by atoms with Gasteiger partial charge < -0.3 is 15.5 Å². The molecule has 2 rings (SSSR count). The molecule has 0 radical (unpaired) electrons. The molecule has 22 heavy (non-hydrogen) atoms. The van der Waals surface area contributed by atoms with Crippen LogP contribution in [0.25, 0.3) is 0 Å². The minimum Gasteiger partial charge on any atom is -0.478 e. The maximum absolute atomic E-state index is 12.2. The summed E-state index contributed by atoms with van der Waals surface area (Å²) < 4.78 is 0. The highest BCUT2D eigenvalue weighted by molar-refractivity contribution is 6.25. The van der Waals surface area contributed by atoms with E-state index in [0.29, 0.717) is 11.3 Å². The molecule has 0 saturated carbocycles. The van der Waals surface area contributed by atoms with Crippen molar-refractivity contribution in [1.82, 2.24) is 0 Å². The lowest BCUT2D eigenvalue weighted by Crippen LogP contribution is -2.46. The van der Waals surface area contributed by atoms with Gasteiger partial charge >= 0.3 is 5.97 Å². The lowest BCUT2D eigenvalue weighted by molar-refractivity contribution is -0.144. The van der Waals surface area contributed by atoms with Crippen LogP contribution in [0.2, 0.25) is 0 Å². The van der Waals surface area contributed by atoms with Gasteiger partial charge in [-0.2, -0.15) is 0 Å². The van der Waals surface area contributed by atoms with E-state index >= 15 is 0 Å². The lowest BCUT2D eigenvalue weighted by Gasteiger charge is -2.25. The van der Waals surface area contributed by atoms with E-state index in [-0.39, 0.29) is 11.1 Å². The third-order valence-corrected chi connectivity index (χ3v) is 3.43. The summed E-state index contributed by atoms with van der Waals surface area (Å²) >= 11 is 0. The maximum atomic E-state index is 12.2. The van der Waals surface area contributed by atoms with Crippen LogP contribution in [0.4, 0.5) is 5.69 Å². The molecular formula is C16H15NO5. The largest absolute Gasteiger partial charge is 0.478 e. The molecule has 1 aliphatic carbocycles. The second kappa shape index (κ2) is 5.57. The molecule has 0 amide bonds. The Morgan fingerprint density at radius 2 is 2.00 bits per heavy atom. The lowest BCUT2D eigenvalue weighted by atomic mass is 9.82. The number of carbonyl (C=O) groups excluding carboxylic acids is 2. The molecule has 0 bridgehead atoms. The summed E-state index contributed by atoms with van der Waals surface area (Å²) in [6.07, 6.45) is 2.57. The van der Waals surface area contributed by atoms with Crippen molar-refractivity contribution in [2.75, 3.05) is 5.32 Å². The molecule has 0 saturated heterocycles. The summed E-state index contributed by atoms with van der Waals surface area (Å²) in [5, 5.41) is 21.7. The number of nitrogens with one attached hydrogen (secondary N) is 1. The molecule has 0 aliphatic heterocycles. The first-order valence-corrected chi connectivity index (χ1v) is 6.54. The van der Waals surface area contributed by atoms with Gasteiger partial charge in [0, 0.05) is 17.5 Å². The van der Waals surface area contributed by atoms with Gasteiger partial charge in [0.15, 0.2) is 11.4 Å². The average molecular weight is 301 g/mol. The minimum absolute atomic E-state index is 0.104. The Bertz CT molecular complexity index is 728. The fraction of sp³-hybridized carbons (Fsp3) is 0.188. The summed E-state index contributed by atoms with van der Waals surface area (Å²) in [6, 6.07) is 6.06. The van der Waals surface area contributed by atoms with Crippen molar-refractivity contribution in [3.8, 4) is 0 Å². The molecule has 3 N–H and O–H groups in total. The van der Waals surface area contributed by atoms with Crippen molar-refractivity contribution >= 4 is 23.2 Å². The Morgan fingerprint density at radius 3 is 2.64 bits per heavy atom. The van der Waals surface area contributed by atoms with Crippen molar-refractivity contribution in [1.29, 1.82) is 0 Å². The van der Waals surface area contributed by atoms with Gasteiger partial charge in [-0.1, -0.05) is 6.07 Å². The first-order valence-electron chi connectivity index (χ1n) is 6.54. The second-order valence-corrected chi connectivity index (χ2v) is 5.18. The zero-order valence-electron chi connectivity index (χ0n) is 12.1. The molecule has 1 atom stereocenters. The van der Waals surface area contributed by atoms with E-state index in [2.05, 4.69) is 5.32 Å². The summed E-state index contributed by atoms with van der Waals surface area (Å²) in [5.41, 5.74) is -0.887. The summed E-state index contributed by atoms with van der Waals surface area (Å²) in [4.78, 5) is 34.7. The molecule has 6 heteroatoms. The second-order valence-electron chi connectivity index (χ2n) is 5.18. The highest BCUT2D eigenvalue weighted by Gasteiger charge is 2.42. The highest BCUT2D eigenvalue weighted by atomic mass is 16.4. The van der Waals surface area contributed by atoms with Gasteiger partial charge in [0.05, 0.1) is 5.56 Å². The van der Waals surface area contributed by atoms with Crippen molar-refractivity contribution in [2.45, 2.75) is 19.4 Å². The topological polar surface area (TPSA) is 104 Å². The number of rotatable bonds is 3. The predicted molar refractivity (Wildman–Crippen MR) is 79.5 cm³/mol. The first-order chi connectivity index (χ1) is 10.2. The number of carbonyl (C=O) groups is 3. The Labute approximate surface area is 126 Å². The third kappa shape index (κ3) is 2.82. The van der Waals surface area contributed by atoms with Gasteiger partial charge in [-0.05, 0) is 43.7 Å². The fourth-order valence-corrected chi connectivity index (χ4v) is 2.05. The summed E-state index contributed by atoms with van der Waals surface area (Å²) in [6.45, 7) is 2.74. The van der Waals surface area contributed by atoms with Gasteiger partial charge in [0.2, 0.25) is 5.78 Å². The molecule has 6 nitrogen and oxygen atoms in total. The quantitative estimate of drug-likeness (QED) is 0.578. The molecular weight excluding hydrogens is 286 g/mol. The van der Waals surface area contributed by atoms with E-state index in [0.717, 1.165) is 6.92 Å². The van der Waals surface area contributed by atoms with Gasteiger partial charge in [0.1, 0.15) is 0 Å². The Kier molecular flexibility index (Phi) is 3.97. The predicted octanol–water partition coefficient (Wildman–Crippen LogP) is 1.53. The number of benzene rings is 1. The standard InChI is InChI=1S/C16H15NO5/c1-9-6-13(18)16(2,22)14(19)12(9)8-17-11-5-3-4-10(7-11)15(20)21/h3-8,17,22H,1-2H3,(H,20,21)/b12-8-/t16-/m1/s1. The van der Waals surface area contributed by atoms with Crippen molar-refractivity contribution < 1.29 is 24.6 Å². The van der Waals surface area contributed by atoms with Gasteiger partial charge in [0.25, 0.3) is 0 Å². The molecule has 0 fully saturated rings. The van der Waals surface area contributed by atoms with Crippen LogP contribution < -0.4 is 5.32 Å². The number of Topliss-reactive ketones (excluding diaryl/α,β-unsaturated/α-hetero) is 1. The molecule has 114 valence electrons. The number of allylic oxidation sites excluding steroid dienone is 1. The molecule has 1 aromatic carbocycles. The number of aromatic carboxylic acids is 1. The van der Waals surface area contributed by atoms with E-state index < -0.39 is 23.1 Å². The zero-order valence-corrected chi connectivity index (χ0v) is 12.1. The van der Waals surface area contributed by atoms with Crippen molar-refractivity contribution in [3.05, 3.63) is 53.3 Å². The number of carboxylic acid groups (broad SMARTS) is 1. The Balaban J connectivity index is 2.32. The maximum Gasteiger partial charge on any atom is 0.335 e. The Hall–Kier alpha value is -2.73. The smallest absolute Gasteiger partial charge is 0.335 e. The Morgan fingerprint density at radius 1 is 1.32 bits per heavy atom. The number of hydrogen-bond donors (Lipinski definition) is 3. The van der Waals surface area contributed by atoms with E-state index in [9.17, 15) is 19.5 Å². The monoisotopic (exact) mass is 301 g/mol. The summed E-state index contributed by atoms with van der Waals surface area (Å²) in [7, 11) is 0. The molecule has 0 aromatic heterocycles. The van der Waals surface area contributed by atoms with E-state index in [1.807, 2.05) is 0 Å². The third-order valence-electron chi connectivity index (χ3n) is 3.43.